The Morgan fingerprint density at radius 1 is 1.26 bits per heavy atom. The maximum atomic E-state index is 12.3. The first-order chi connectivity index (χ1) is 8.90. The number of aryl methyl sites for hydroxylation is 2. The maximum Gasteiger partial charge on any atom is 0.394 e. The number of aliphatic carboxylic acids is 1. The third-order valence-electron chi connectivity index (χ3n) is 2.65. The number of nitrogens with one attached hydrogen (secondary N) is 1. The van der Waals surface area contributed by atoms with Crippen LogP contribution in [0, 0.1) is 13.8 Å². The summed E-state index contributed by atoms with van der Waals surface area (Å²) in [6.07, 6.45) is 0. The minimum Gasteiger partial charge on any atom is -0.474 e. The molecule has 1 aromatic heterocycles. The van der Waals surface area contributed by atoms with Crippen LogP contribution in [0.25, 0.3) is 10.1 Å². The van der Waals surface area contributed by atoms with Crippen LogP contribution >= 0.6 is 11.3 Å². The van der Waals surface area contributed by atoms with Gasteiger partial charge in [-0.25, -0.2) is 4.79 Å². The molecule has 0 spiro atoms. The van der Waals surface area contributed by atoms with Crippen LogP contribution in [0.2, 0.25) is 0 Å². The number of carboxylic acid groups (broad SMARTS) is 1. The van der Waals surface area contributed by atoms with Gasteiger partial charge in [-0.15, -0.1) is 11.3 Å². The van der Waals surface area contributed by atoms with Gasteiger partial charge < -0.3 is 10.4 Å². The van der Waals surface area contributed by atoms with Crippen LogP contribution in [0.15, 0.2) is 23.0 Å². The van der Waals surface area contributed by atoms with Gasteiger partial charge in [0.15, 0.2) is 0 Å². The van der Waals surface area contributed by atoms with Crippen LogP contribution in [0.5, 0.6) is 0 Å². The van der Waals surface area contributed by atoms with E-state index in [1.165, 1.54) is 11.3 Å². The van der Waals surface area contributed by atoms with E-state index in [0.29, 0.717) is 10.3 Å². The zero-order chi connectivity index (χ0) is 14.2. The fraction of sp³-hybridized carbons (Fsp3) is 0.154. The molecular weight excluding hydrogens is 266 g/mol. The van der Waals surface area contributed by atoms with E-state index < -0.39 is 11.9 Å². The van der Waals surface area contributed by atoms with Gasteiger partial charge in [-0.3, -0.25) is 9.59 Å². The molecule has 2 rings (SSSR count). The van der Waals surface area contributed by atoms with E-state index in [1.54, 1.807) is 13.0 Å². The molecule has 0 aliphatic heterocycles. The Hall–Kier alpha value is -2.21. The quantitative estimate of drug-likeness (QED) is 0.780. The van der Waals surface area contributed by atoms with E-state index in [1.807, 2.05) is 19.1 Å². The van der Waals surface area contributed by atoms with Crippen molar-refractivity contribution in [2.45, 2.75) is 13.8 Å². The lowest BCUT2D eigenvalue weighted by molar-refractivity contribution is -0.147. The number of rotatable bonds is 1. The van der Waals surface area contributed by atoms with E-state index in [0.717, 1.165) is 10.3 Å². The molecule has 0 aliphatic carbocycles. The van der Waals surface area contributed by atoms with E-state index in [-0.39, 0.29) is 11.1 Å². The fourth-order valence-corrected chi connectivity index (χ4v) is 2.71. The summed E-state index contributed by atoms with van der Waals surface area (Å²) in [6, 6.07) is 5.46. The molecule has 0 saturated heterocycles. The fourth-order valence-electron chi connectivity index (χ4n) is 1.73. The first kappa shape index (κ1) is 13.2. The Morgan fingerprint density at radius 3 is 2.58 bits per heavy atom. The number of hydrogen-bond acceptors (Lipinski definition) is 4. The molecule has 0 unspecified atom stereocenters. The van der Waals surface area contributed by atoms with Gasteiger partial charge in [-0.2, -0.15) is 0 Å². The summed E-state index contributed by atoms with van der Waals surface area (Å²) in [7, 11) is 0. The number of anilines is 1. The van der Waals surface area contributed by atoms with Gasteiger partial charge in [-0.1, -0.05) is 11.6 Å². The van der Waals surface area contributed by atoms with E-state index >= 15 is 0 Å². The van der Waals surface area contributed by atoms with Crippen LogP contribution in [0.3, 0.4) is 0 Å². The summed E-state index contributed by atoms with van der Waals surface area (Å²) in [5, 5.41) is 11.2. The van der Waals surface area contributed by atoms with Crippen LogP contribution in [-0.4, -0.2) is 17.0 Å². The minimum atomic E-state index is -1.62. The summed E-state index contributed by atoms with van der Waals surface area (Å²) in [6.45, 7) is 3.53. The molecule has 1 aromatic carbocycles. The lowest BCUT2D eigenvalue weighted by Gasteiger charge is -2.07. The number of carboxylic acids is 1. The highest BCUT2D eigenvalue weighted by atomic mass is 32.1. The Bertz CT molecular complexity index is 748. The Morgan fingerprint density at radius 2 is 1.95 bits per heavy atom. The van der Waals surface area contributed by atoms with Crippen molar-refractivity contribution < 1.29 is 14.7 Å². The first-order valence-corrected chi connectivity index (χ1v) is 6.30. The average Bonchev–Trinajstić information content (AvgIpc) is 2.35. The average molecular weight is 277 g/mol. The van der Waals surface area contributed by atoms with Crippen LogP contribution in [0.4, 0.5) is 5.69 Å². The minimum absolute atomic E-state index is 0.0375. The standard InChI is InChI=1S/C13H11NO4S/c1-6-3-4-9-8(5-6)11(15)10(7(2)19-9)14-12(16)13(17)18/h3-5H,1-2H3,(H,14,16)(H,17,18). The molecule has 98 valence electrons. The molecule has 0 radical (unpaired) electrons. The summed E-state index contributed by atoms with van der Waals surface area (Å²) < 4.78 is 0.807. The van der Waals surface area contributed by atoms with Crippen molar-refractivity contribution >= 4 is 39.0 Å². The van der Waals surface area contributed by atoms with Crippen molar-refractivity contribution in [3.8, 4) is 0 Å². The number of benzene rings is 1. The molecule has 6 heteroatoms. The molecule has 2 aromatic rings. The SMILES string of the molecule is Cc1ccc2sc(C)c(NC(=O)C(=O)O)c(=O)c2c1. The summed E-state index contributed by atoms with van der Waals surface area (Å²) >= 11 is 1.34. The Balaban J connectivity index is 2.65. The number of amides is 1. The van der Waals surface area contributed by atoms with Gasteiger partial charge in [0.05, 0.1) is 0 Å². The molecule has 0 fully saturated rings. The number of carbonyl (C=O) groups excluding carboxylic acids is 1. The molecule has 0 atom stereocenters. The topological polar surface area (TPSA) is 83.5 Å². The van der Waals surface area contributed by atoms with Crippen molar-refractivity contribution in [3.63, 3.8) is 0 Å². The predicted octanol–water partition coefficient (Wildman–Crippen LogP) is 1.90. The summed E-state index contributed by atoms with van der Waals surface area (Å²) in [5.41, 5.74) is 0.608. The second-order valence-electron chi connectivity index (χ2n) is 4.12. The monoisotopic (exact) mass is 277 g/mol. The normalized spacial score (nSPS) is 10.4. The number of carbonyl (C=O) groups is 2. The van der Waals surface area contributed by atoms with Crippen molar-refractivity contribution in [3.05, 3.63) is 38.9 Å². The van der Waals surface area contributed by atoms with Crippen LogP contribution in [-0.2, 0) is 9.59 Å². The lowest BCUT2D eigenvalue weighted by atomic mass is 10.1. The second-order valence-corrected chi connectivity index (χ2v) is 5.38. The maximum absolute atomic E-state index is 12.3. The molecule has 1 amide bonds. The smallest absolute Gasteiger partial charge is 0.394 e. The highest BCUT2D eigenvalue weighted by Gasteiger charge is 2.16. The summed E-state index contributed by atoms with van der Waals surface area (Å²) in [4.78, 5) is 34.5. The van der Waals surface area contributed by atoms with Gasteiger partial charge >= 0.3 is 11.9 Å². The highest BCUT2D eigenvalue weighted by Crippen LogP contribution is 2.25. The number of hydrogen-bond donors (Lipinski definition) is 2. The highest BCUT2D eigenvalue weighted by molar-refractivity contribution is 7.18. The molecular formula is C13H11NO4S. The van der Waals surface area contributed by atoms with Crippen molar-refractivity contribution in [2.24, 2.45) is 0 Å². The Labute approximate surface area is 112 Å². The second kappa shape index (κ2) is 4.81. The summed E-state index contributed by atoms with van der Waals surface area (Å²) in [5.74, 6) is -2.83. The van der Waals surface area contributed by atoms with Crippen LogP contribution in [0.1, 0.15) is 10.4 Å². The molecule has 0 saturated carbocycles. The largest absolute Gasteiger partial charge is 0.474 e. The van der Waals surface area contributed by atoms with E-state index in [2.05, 4.69) is 5.32 Å². The van der Waals surface area contributed by atoms with Crippen molar-refractivity contribution in [2.75, 3.05) is 5.32 Å². The predicted molar refractivity (Wildman–Crippen MR) is 73.8 cm³/mol. The molecule has 19 heavy (non-hydrogen) atoms. The van der Waals surface area contributed by atoms with Crippen LogP contribution < -0.4 is 10.7 Å². The van der Waals surface area contributed by atoms with Gasteiger partial charge in [0.25, 0.3) is 0 Å². The number of fused-ring (bicyclic) bond motifs is 1. The van der Waals surface area contributed by atoms with Gasteiger partial charge in [0.1, 0.15) is 5.69 Å². The third-order valence-corrected chi connectivity index (χ3v) is 3.74. The molecule has 1 heterocycles. The third kappa shape index (κ3) is 2.48. The van der Waals surface area contributed by atoms with Gasteiger partial charge in [-0.05, 0) is 26.0 Å². The van der Waals surface area contributed by atoms with E-state index in [9.17, 15) is 14.4 Å². The lowest BCUT2D eigenvalue weighted by Crippen LogP contribution is -2.25. The molecule has 2 N–H and O–H groups in total. The van der Waals surface area contributed by atoms with Gasteiger partial charge in [0.2, 0.25) is 5.43 Å². The molecule has 5 nitrogen and oxygen atoms in total. The zero-order valence-electron chi connectivity index (χ0n) is 10.3. The van der Waals surface area contributed by atoms with Crippen molar-refractivity contribution in [1.82, 2.24) is 0 Å². The Kier molecular flexibility index (Phi) is 3.35. The first-order valence-electron chi connectivity index (χ1n) is 5.48. The van der Waals surface area contributed by atoms with E-state index in [4.69, 9.17) is 5.11 Å². The van der Waals surface area contributed by atoms with Crippen molar-refractivity contribution in [1.29, 1.82) is 0 Å². The molecule has 0 bridgehead atoms. The zero-order valence-corrected chi connectivity index (χ0v) is 11.1. The molecule has 0 aliphatic rings. The van der Waals surface area contributed by atoms with Gasteiger partial charge in [0, 0.05) is 15.0 Å².